The van der Waals surface area contributed by atoms with Gasteiger partial charge in [0.2, 0.25) is 0 Å². The number of nitrogens with zero attached hydrogens (tertiary/aromatic N) is 2. The number of carbonyl (C=O) groups excluding carboxylic acids is 1. The SMILES string of the molecule is Cn1c(C2(NC(=O)OC(C)(C)C)CCC2)nc2c(Cl)cc(O)cc21. The minimum atomic E-state index is -0.560. The monoisotopic (exact) mass is 351 g/mol. The largest absolute Gasteiger partial charge is 0.508 e. The summed E-state index contributed by atoms with van der Waals surface area (Å²) in [4.78, 5) is 16.9. The lowest BCUT2D eigenvalue weighted by atomic mass is 9.76. The summed E-state index contributed by atoms with van der Waals surface area (Å²) in [6.07, 6.45) is 2.11. The zero-order valence-electron chi connectivity index (χ0n) is 14.3. The van der Waals surface area contributed by atoms with Crippen molar-refractivity contribution in [2.24, 2.45) is 7.05 Å². The van der Waals surface area contributed by atoms with E-state index < -0.39 is 17.2 Å². The summed E-state index contributed by atoms with van der Waals surface area (Å²) in [7, 11) is 1.86. The van der Waals surface area contributed by atoms with Gasteiger partial charge in [0.25, 0.3) is 0 Å². The van der Waals surface area contributed by atoms with Crippen molar-refractivity contribution < 1.29 is 14.6 Å². The summed E-state index contributed by atoms with van der Waals surface area (Å²) in [6.45, 7) is 5.49. The van der Waals surface area contributed by atoms with Gasteiger partial charge >= 0.3 is 6.09 Å². The molecule has 1 saturated carbocycles. The highest BCUT2D eigenvalue weighted by molar-refractivity contribution is 6.35. The van der Waals surface area contributed by atoms with Crippen molar-refractivity contribution in [3.05, 3.63) is 23.0 Å². The number of ether oxygens (including phenoxy) is 1. The molecule has 0 atom stereocenters. The van der Waals surface area contributed by atoms with Crippen LogP contribution in [0.15, 0.2) is 12.1 Å². The number of carbonyl (C=O) groups is 1. The molecule has 0 unspecified atom stereocenters. The van der Waals surface area contributed by atoms with E-state index in [0.29, 0.717) is 10.5 Å². The van der Waals surface area contributed by atoms with Crippen LogP contribution in [0.2, 0.25) is 5.02 Å². The van der Waals surface area contributed by atoms with Gasteiger partial charge in [-0.2, -0.15) is 0 Å². The van der Waals surface area contributed by atoms with Gasteiger partial charge in [0.15, 0.2) is 0 Å². The molecule has 0 aliphatic heterocycles. The number of alkyl carbamates (subject to hydrolysis) is 1. The number of aromatic nitrogens is 2. The summed E-state index contributed by atoms with van der Waals surface area (Å²) < 4.78 is 7.27. The van der Waals surface area contributed by atoms with Gasteiger partial charge in [-0.15, -0.1) is 0 Å². The number of rotatable bonds is 2. The van der Waals surface area contributed by atoms with Gasteiger partial charge in [-0.1, -0.05) is 11.6 Å². The number of phenolic OH excluding ortho intramolecular Hbond substituents is 1. The van der Waals surface area contributed by atoms with E-state index in [0.717, 1.165) is 30.6 Å². The molecule has 0 spiro atoms. The Hall–Kier alpha value is -1.95. The first-order valence-electron chi connectivity index (χ1n) is 7.98. The number of phenols is 1. The van der Waals surface area contributed by atoms with Crippen LogP contribution in [-0.2, 0) is 17.3 Å². The summed E-state index contributed by atoms with van der Waals surface area (Å²) in [5, 5.41) is 13.2. The van der Waals surface area contributed by atoms with Crippen LogP contribution in [0.1, 0.15) is 45.9 Å². The zero-order valence-corrected chi connectivity index (χ0v) is 15.1. The molecule has 7 heteroatoms. The lowest BCUT2D eigenvalue weighted by Gasteiger charge is -2.41. The quantitative estimate of drug-likeness (QED) is 0.861. The number of fused-ring (bicyclic) bond motifs is 1. The maximum atomic E-state index is 12.3. The van der Waals surface area contributed by atoms with Crippen molar-refractivity contribution in [1.29, 1.82) is 0 Å². The third-order valence-electron chi connectivity index (χ3n) is 4.30. The first-order valence-corrected chi connectivity index (χ1v) is 8.36. The van der Waals surface area contributed by atoms with Gasteiger partial charge in [-0.25, -0.2) is 9.78 Å². The second kappa shape index (κ2) is 5.55. The molecule has 24 heavy (non-hydrogen) atoms. The first kappa shape index (κ1) is 16.9. The minimum absolute atomic E-state index is 0.0878. The Kier molecular flexibility index (Phi) is 3.91. The highest BCUT2D eigenvalue weighted by atomic mass is 35.5. The Morgan fingerprint density at radius 2 is 2.08 bits per heavy atom. The van der Waals surface area contributed by atoms with Gasteiger partial charge in [0, 0.05) is 19.2 Å². The molecule has 2 N–H and O–H groups in total. The van der Waals surface area contributed by atoms with E-state index in [4.69, 9.17) is 16.3 Å². The normalized spacial score (nSPS) is 16.7. The van der Waals surface area contributed by atoms with Gasteiger partial charge in [0.05, 0.1) is 10.5 Å². The number of hydrogen-bond donors (Lipinski definition) is 2. The maximum absolute atomic E-state index is 12.3. The van der Waals surface area contributed by atoms with Crippen LogP contribution >= 0.6 is 11.6 Å². The van der Waals surface area contributed by atoms with Crippen molar-refractivity contribution in [3.63, 3.8) is 0 Å². The Morgan fingerprint density at radius 1 is 1.42 bits per heavy atom. The minimum Gasteiger partial charge on any atom is -0.508 e. The van der Waals surface area contributed by atoms with E-state index in [-0.39, 0.29) is 5.75 Å². The Bertz CT molecular complexity index is 803. The van der Waals surface area contributed by atoms with Crippen LogP contribution in [0.5, 0.6) is 5.75 Å². The molecule has 1 aromatic carbocycles. The Morgan fingerprint density at radius 3 is 2.62 bits per heavy atom. The van der Waals surface area contributed by atoms with E-state index in [1.807, 2.05) is 32.4 Å². The fraction of sp³-hybridized carbons (Fsp3) is 0.529. The third kappa shape index (κ3) is 2.90. The second-order valence-corrected chi connectivity index (χ2v) is 7.76. The lowest BCUT2D eigenvalue weighted by molar-refractivity contribution is 0.0362. The number of halogens is 1. The van der Waals surface area contributed by atoms with Crippen molar-refractivity contribution in [3.8, 4) is 5.75 Å². The average Bonchev–Trinajstić information content (AvgIpc) is 2.70. The Labute approximate surface area is 145 Å². The molecule has 1 fully saturated rings. The van der Waals surface area contributed by atoms with Crippen LogP contribution in [0.4, 0.5) is 4.79 Å². The van der Waals surface area contributed by atoms with Crippen LogP contribution < -0.4 is 5.32 Å². The molecule has 1 aliphatic rings. The maximum Gasteiger partial charge on any atom is 0.408 e. The summed E-state index contributed by atoms with van der Waals surface area (Å²) in [6, 6.07) is 3.09. The number of imidazole rings is 1. The summed E-state index contributed by atoms with van der Waals surface area (Å²) >= 11 is 6.20. The number of amides is 1. The van der Waals surface area contributed by atoms with Crippen LogP contribution in [0, 0.1) is 0 Å². The van der Waals surface area contributed by atoms with Crippen LogP contribution in [-0.4, -0.2) is 26.4 Å². The second-order valence-electron chi connectivity index (χ2n) is 7.35. The molecule has 0 bridgehead atoms. The smallest absolute Gasteiger partial charge is 0.408 e. The predicted molar refractivity (Wildman–Crippen MR) is 92.3 cm³/mol. The third-order valence-corrected chi connectivity index (χ3v) is 4.59. The molecule has 1 aromatic heterocycles. The molecule has 1 heterocycles. The van der Waals surface area contributed by atoms with Crippen LogP contribution in [0.25, 0.3) is 11.0 Å². The molecule has 2 aromatic rings. The molecule has 6 nitrogen and oxygen atoms in total. The van der Waals surface area contributed by atoms with E-state index in [2.05, 4.69) is 10.3 Å². The number of aryl methyl sites for hydroxylation is 1. The van der Waals surface area contributed by atoms with E-state index >= 15 is 0 Å². The number of nitrogens with one attached hydrogen (secondary N) is 1. The fourth-order valence-corrected chi connectivity index (χ4v) is 3.34. The van der Waals surface area contributed by atoms with Crippen molar-refractivity contribution in [1.82, 2.24) is 14.9 Å². The number of aromatic hydroxyl groups is 1. The van der Waals surface area contributed by atoms with Crippen molar-refractivity contribution in [2.45, 2.75) is 51.2 Å². The lowest BCUT2D eigenvalue weighted by Crippen LogP contribution is -2.53. The van der Waals surface area contributed by atoms with E-state index in [1.165, 1.54) is 6.07 Å². The molecule has 3 rings (SSSR count). The van der Waals surface area contributed by atoms with Gasteiger partial charge in [0.1, 0.15) is 28.2 Å². The number of hydrogen-bond acceptors (Lipinski definition) is 4. The van der Waals surface area contributed by atoms with Crippen molar-refractivity contribution >= 4 is 28.7 Å². The standard InChI is InChI=1S/C17H22ClN3O3/c1-16(2,3)24-15(23)20-17(6-5-7-17)14-19-13-11(18)8-10(22)9-12(13)21(14)4/h8-9,22H,5-7H2,1-4H3,(H,20,23). The fourth-order valence-electron chi connectivity index (χ4n) is 3.09. The molecule has 1 aliphatic carbocycles. The molecule has 0 radical (unpaired) electrons. The first-order chi connectivity index (χ1) is 11.1. The molecule has 0 saturated heterocycles. The zero-order chi connectivity index (χ0) is 17.7. The highest BCUT2D eigenvalue weighted by Gasteiger charge is 2.45. The highest BCUT2D eigenvalue weighted by Crippen LogP contribution is 2.42. The van der Waals surface area contributed by atoms with Gasteiger partial charge in [-0.05, 0) is 40.0 Å². The average molecular weight is 352 g/mol. The number of benzene rings is 1. The molecule has 130 valence electrons. The summed E-state index contributed by atoms with van der Waals surface area (Å²) in [5.74, 6) is 0.812. The topological polar surface area (TPSA) is 76.4 Å². The Balaban J connectivity index is 1.99. The molecule has 1 amide bonds. The summed E-state index contributed by atoms with van der Waals surface area (Å²) in [5.41, 5.74) is 0.224. The van der Waals surface area contributed by atoms with E-state index in [9.17, 15) is 9.90 Å². The molecular weight excluding hydrogens is 330 g/mol. The molecular formula is C17H22ClN3O3. The predicted octanol–water partition coefficient (Wildman–Crippen LogP) is 3.84. The van der Waals surface area contributed by atoms with Gasteiger partial charge in [-0.3, -0.25) is 0 Å². The van der Waals surface area contributed by atoms with Gasteiger partial charge < -0.3 is 19.7 Å². The van der Waals surface area contributed by atoms with Crippen molar-refractivity contribution in [2.75, 3.05) is 0 Å². The van der Waals surface area contributed by atoms with E-state index in [1.54, 1.807) is 6.07 Å². The van der Waals surface area contributed by atoms with Crippen LogP contribution in [0.3, 0.4) is 0 Å².